The minimum Gasteiger partial charge on any atom is -0.342 e. The molecule has 2 amide bonds. The quantitative estimate of drug-likeness (QED) is 0.593. The maximum Gasteiger partial charge on any atom is 0.254 e. The highest BCUT2D eigenvalue weighted by Gasteiger charge is 2.47. The number of nitrogens with zero attached hydrogens (tertiary/aromatic N) is 1. The van der Waals surface area contributed by atoms with E-state index in [9.17, 15) is 14.4 Å². The Morgan fingerprint density at radius 1 is 1.06 bits per heavy atom. The summed E-state index contributed by atoms with van der Waals surface area (Å²) in [7, 11) is 0. The minimum absolute atomic E-state index is 0.00697. The number of rotatable bonds is 7. The number of benzene rings is 1. The number of carbonyl (C=O) groups excluding carboxylic acids is 3. The van der Waals surface area contributed by atoms with Gasteiger partial charge in [-0.05, 0) is 56.1 Å². The van der Waals surface area contributed by atoms with Crippen LogP contribution in [0.15, 0.2) is 18.2 Å². The molecule has 4 rings (SSSR count). The summed E-state index contributed by atoms with van der Waals surface area (Å²) in [6.07, 6.45) is 8.57. The zero-order chi connectivity index (χ0) is 24.5. The molecular weight excluding hydrogens is 431 g/mol. The van der Waals surface area contributed by atoms with Crippen molar-refractivity contribution in [3.63, 3.8) is 0 Å². The molecule has 1 N–H and O–H groups in total. The molecule has 2 unspecified atom stereocenters. The van der Waals surface area contributed by atoms with E-state index in [4.69, 9.17) is 0 Å². The van der Waals surface area contributed by atoms with E-state index in [0.717, 1.165) is 57.8 Å². The number of nitrogens with one attached hydrogen (secondary N) is 1. The molecule has 1 aliphatic heterocycles. The van der Waals surface area contributed by atoms with E-state index >= 15 is 4.39 Å². The molecule has 2 aliphatic carbocycles. The Balaban J connectivity index is 1.51. The van der Waals surface area contributed by atoms with Crippen LogP contribution in [0.4, 0.5) is 4.39 Å². The first-order valence-corrected chi connectivity index (χ1v) is 13.1. The van der Waals surface area contributed by atoms with E-state index in [2.05, 4.69) is 5.32 Å². The first-order valence-electron chi connectivity index (χ1n) is 13.1. The number of Topliss-reactive ketones (excluding diaryl/α,β-unsaturated/α-hetero) is 1. The molecule has 2 saturated carbocycles. The van der Waals surface area contributed by atoms with Gasteiger partial charge in [-0.3, -0.25) is 14.4 Å². The van der Waals surface area contributed by atoms with Crippen LogP contribution in [0, 0.1) is 23.1 Å². The van der Waals surface area contributed by atoms with Gasteiger partial charge in [0.1, 0.15) is 5.82 Å². The van der Waals surface area contributed by atoms with Crippen LogP contribution in [0.1, 0.15) is 100 Å². The monoisotopic (exact) mass is 470 g/mol. The van der Waals surface area contributed by atoms with Crippen LogP contribution in [-0.4, -0.2) is 41.6 Å². The molecule has 0 radical (unpaired) electrons. The number of carbonyl (C=O) groups is 3. The van der Waals surface area contributed by atoms with Gasteiger partial charge in [0.2, 0.25) is 5.91 Å². The van der Waals surface area contributed by atoms with Crippen molar-refractivity contribution >= 4 is 17.6 Å². The lowest BCUT2D eigenvalue weighted by atomic mass is 9.80. The standard InChI is InChI=1S/C28H39FN2O3/c1-18(2)25(32)24(19-9-5-4-6-10-19)30-26(33)22-13-7-12-21(23(22)29)20-11-8-16-31(17-20)27(34)28(3)14-15-28/h7,12-13,18-20,24H,4-6,8-11,14-17H2,1-3H3,(H,30,33). The predicted octanol–water partition coefficient (Wildman–Crippen LogP) is 5.24. The van der Waals surface area contributed by atoms with Gasteiger partial charge in [0.15, 0.2) is 5.78 Å². The topological polar surface area (TPSA) is 66.5 Å². The van der Waals surface area contributed by atoms with Crippen molar-refractivity contribution < 1.29 is 18.8 Å². The second kappa shape index (κ2) is 10.2. The fraction of sp³-hybridized carbons (Fsp3) is 0.679. The van der Waals surface area contributed by atoms with E-state index in [0.29, 0.717) is 18.7 Å². The zero-order valence-electron chi connectivity index (χ0n) is 20.9. The Hall–Kier alpha value is -2.24. The lowest BCUT2D eigenvalue weighted by Crippen LogP contribution is -2.48. The molecule has 2 atom stereocenters. The van der Waals surface area contributed by atoms with Crippen LogP contribution in [0.2, 0.25) is 0 Å². The van der Waals surface area contributed by atoms with Gasteiger partial charge < -0.3 is 10.2 Å². The largest absolute Gasteiger partial charge is 0.342 e. The predicted molar refractivity (Wildman–Crippen MR) is 130 cm³/mol. The highest BCUT2D eigenvalue weighted by Crippen LogP contribution is 2.47. The third-order valence-corrected chi connectivity index (χ3v) is 8.22. The average molecular weight is 471 g/mol. The number of ketones is 1. The summed E-state index contributed by atoms with van der Waals surface area (Å²) in [5.41, 5.74) is 0.252. The molecule has 6 heteroatoms. The van der Waals surface area contributed by atoms with Crippen molar-refractivity contribution in [2.75, 3.05) is 13.1 Å². The van der Waals surface area contributed by atoms with Crippen molar-refractivity contribution in [1.82, 2.24) is 10.2 Å². The summed E-state index contributed by atoms with van der Waals surface area (Å²) < 4.78 is 15.7. The maximum atomic E-state index is 15.7. The Morgan fingerprint density at radius 2 is 1.76 bits per heavy atom. The van der Waals surface area contributed by atoms with Crippen LogP contribution in [0.25, 0.3) is 0 Å². The maximum absolute atomic E-state index is 15.7. The molecule has 0 bridgehead atoms. The first-order chi connectivity index (χ1) is 16.2. The number of halogens is 1. The third-order valence-electron chi connectivity index (χ3n) is 8.22. The number of amides is 2. The summed E-state index contributed by atoms with van der Waals surface area (Å²) in [6, 6.07) is 4.39. The Labute approximate surface area is 202 Å². The lowest BCUT2D eigenvalue weighted by molar-refractivity contribution is -0.137. The molecule has 1 aromatic carbocycles. The summed E-state index contributed by atoms with van der Waals surface area (Å²) >= 11 is 0. The Morgan fingerprint density at radius 3 is 2.41 bits per heavy atom. The lowest BCUT2D eigenvalue weighted by Gasteiger charge is -2.35. The SMILES string of the molecule is CC(C)C(=O)C(NC(=O)c1cccc(C2CCCN(C(=O)C3(C)CC3)C2)c1F)C1CCCCC1. The highest BCUT2D eigenvalue weighted by atomic mass is 19.1. The summed E-state index contributed by atoms with van der Waals surface area (Å²) in [5.74, 6) is -1.04. The molecule has 34 heavy (non-hydrogen) atoms. The molecule has 186 valence electrons. The summed E-state index contributed by atoms with van der Waals surface area (Å²) in [6.45, 7) is 6.92. The molecule has 1 saturated heterocycles. The van der Waals surface area contributed by atoms with E-state index in [1.165, 1.54) is 6.07 Å². The average Bonchev–Trinajstić information content (AvgIpc) is 3.60. The number of hydrogen-bond acceptors (Lipinski definition) is 3. The van der Waals surface area contributed by atoms with Gasteiger partial charge in [0.05, 0.1) is 11.6 Å². The van der Waals surface area contributed by atoms with Crippen molar-refractivity contribution in [3.8, 4) is 0 Å². The van der Waals surface area contributed by atoms with Crippen LogP contribution in [-0.2, 0) is 9.59 Å². The van der Waals surface area contributed by atoms with E-state index < -0.39 is 17.8 Å². The second-order valence-electron chi connectivity index (χ2n) is 11.3. The van der Waals surface area contributed by atoms with Gasteiger partial charge in [0, 0.05) is 30.3 Å². The zero-order valence-corrected chi connectivity index (χ0v) is 20.9. The smallest absolute Gasteiger partial charge is 0.254 e. The van der Waals surface area contributed by atoms with Gasteiger partial charge in [-0.2, -0.15) is 0 Å². The van der Waals surface area contributed by atoms with Gasteiger partial charge in [-0.15, -0.1) is 0 Å². The van der Waals surface area contributed by atoms with Crippen molar-refractivity contribution in [1.29, 1.82) is 0 Å². The van der Waals surface area contributed by atoms with Crippen molar-refractivity contribution in [2.24, 2.45) is 17.3 Å². The molecule has 0 spiro atoms. The van der Waals surface area contributed by atoms with Gasteiger partial charge in [-0.25, -0.2) is 4.39 Å². The third kappa shape index (κ3) is 5.21. The van der Waals surface area contributed by atoms with Crippen LogP contribution < -0.4 is 5.32 Å². The second-order valence-corrected chi connectivity index (χ2v) is 11.3. The number of piperidine rings is 1. The number of hydrogen-bond donors (Lipinski definition) is 1. The number of likely N-dealkylation sites (tertiary alicyclic amines) is 1. The van der Waals surface area contributed by atoms with Gasteiger partial charge in [0.25, 0.3) is 5.91 Å². The minimum atomic E-state index is -0.571. The molecule has 0 aromatic heterocycles. The van der Waals surface area contributed by atoms with Crippen LogP contribution in [0.3, 0.4) is 0 Å². The fourth-order valence-corrected chi connectivity index (χ4v) is 5.71. The summed E-state index contributed by atoms with van der Waals surface area (Å²) in [4.78, 5) is 40.9. The molecule has 1 heterocycles. The van der Waals surface area contributed by atoms with Crippen LogP contribution in [0.5, 0.6) is 0 Å². The Bertz CT molecular complexity index is 934. The molecule has 3 fully saturated rings. The van der Waals surface area contributed by atoms with Crippen LogP contribution >= 0.6 is 0 Å². The molecule has 5 nitrogen and oxygen atoms in total. The normalized spacial score (nSPS) is 23.4. The van der Waals surface area contributed by atoms with E-state index in [-0.39, 0.29) is 40.4 Å². The highest BCUT2D eigenvalue weighted by molar-refractivity contribution is 5.98. The van der Waals surface area contributed by atoms with E-state index in [1.807, 2.05) is 25.7 Å². The van der Waals surface area contributed by atoms with E-state index in [1.54, 1.807) is 12.1 Å². The first kappa shape index (κ1) is 24.9. The fourth-order valence-electron chi connectivity index (χ4n) is 5.71. The van der Waals surface area contributed by atoms with Gasteiger partial charge in [-0.1, -0.05) is 52.2 Å². The molecule has 1 aromatic rings. The molecular formula is C28H39FN2O3. The molecule has 3 aliphatic rings. The van der Waals surface area contributed by atoms with Crippen molar-refractivity contribution in [3.05, 3.63) is 35.1 Å². The Kier molecular flexibility index (Phi) is 7.44. The van der Waals surface area contributed by atoms with Crippen molar-refractivity contribution in [2.45, 2.75) is 90.5 Å². The summed E-state index contributed by atoms with van der Waals surface area (Å²) in [5, 5.41) is 2.92. The van der Waals surface area contributed by atoms with Gasteiger partial charge >= 0.3 is 0 Å².